The summed E-state index contributed by atoms with van der Waals surface area (Å²) in [6.07, 6.45) is 0. The second kappa shape index (κ2) is 4.91. The van der Waals surface area contributed by atoms with Crippen molar-refractivity contribution in [1.29, 1.82) is 0 Å². The molecule has 1 saturated heterocycles. The van der Waals surface area contributed by atoms with E-state index >= 15 is 0 Å². The molecular formula is C10H12Cl2N4. The Morgan fingerprint density at radius 3 is 2.44 bits per heavy atom. The second-order valence-corrected chi connectivity index (χ2v) is 4.31. The fourth-order valence-electron chi connectivity index (χ4n) is 1.47. The van der Waals surface area contributed by atoms with E-state index in [1.165, 1.54) is 0 Å². The van der Waals surface area contributed by atoms with Gasteiger partial charge in [0.2, 0.25) is 0 Å². The van der Waals surface area contributed by atoms with E-state index in [-0.39, 0.29) is 0 Å². The second-order valence-electron chi connectivity index (χ2n) is 3.50. The predicted octanol–water partition coefficient (Wildman–Crippen LogP) is 1.80. The van der Waals surface area contributed by atoms with Crippen LogP contribution in [0.4, 0.5) is 11.4 Å². The SMILES string of the molecule is Nc1cc(Cl)c(/N=C2\CNCCN2)c(Cl)c1. The van der Waals surface area contributed by atoms with Crippen LogP contribution in [-0.2, 0) is 0 Å². The van der Waals surface area contributed by atoms with E-state index in [4.69, 9.17) is 28.9 Å². The monoisotopic (exact) mass is 258 g/mol. The maximum Gasteiger partial charge on any atom is 0.116 e. The maximum absolute atomic E-state index is 6.03. The van der Waals surface area contributed by atoms with E-state index in [1.54, 1.807) is 12.1 Å². The van der Waals surface area contributed by atoms with Crippen molar-refractivity contribution in [3.8, 4) is 0 Å². The Morgan fingerprint density at radius 2 is 1.88 bits per heavy atom. The van der Waals surface area contributed by atoms with Crippen molar-refractivity contribution < 1.29 is 0 Å². The lowest BCUT2D eigenvalue weighted by Crippen LogP contribution is -2.44. The zero-order valence-electron chi connectivity index (χ0n) is 8.56. The summed E-state index contributed by atoms with van der Waals surface area (Å²) in [4.78, 5) is 4.38. The molecule has 1 heterocycles. The van der Waals surface area contributed by atoms with Gasteiger partial charge in [0.25, 0.3) is 0 Å². The Bertz CT molecular complexity index is 400. The number of hydrogen-bond donors (Lipinski definition) is 3. The van der Waals surface area contributed by atoms with Gasteiger partial charge in [0.05, 0.1) is 16.6 Å². The number of benzene rings is 1. The van der Waals surface area contributed by atoms with Crippen LogP contribution in [0.1, 0.15) is 0 Å². The molecule has 0 spiro atoms. The number of nitrogens with two attached hydrogens (primary N) is 1. The highest BCUT2D eigenvalue weighted by molar-refractivity contribution is 6.39. The molecule has 0 aliphatic carbocycles. The first-order valence-electron chi connectivity index (χ1n) is 4.93. The molecule has 2 rings (SSSR count). The number of amidine groups is 1. The number of rotatable bonds is 1. The highest BCUT2D eigenvalue weighted by atomic mass is 35.5. The van der Waals surface area contributed by atoms with Crippen LogP contribution in [0.5, 0.6) is 0 Å². The van der Waals surface area contributed by atoms with Gasteiger partial charge in [-0.25, -0.2) is 4.99 Å². The number of aliphatic imine (C=N–C) groups is 1. The van der Waals surface area contributed by atoms with E-state index in [2.05, 4.69) is 15.6 Å². The lowest BCUT2D eigenvalue weighted by Gasteiger charge is -2.17. The summed E-state index contributed by atoms with van der Waals surface area (Å²) in [5.74, 6) is 0.833. The summed E-state index contributed by atoms with van der Waals surface area (Å²) in [6, 6.07) is 3.28. The van der Waals surface area contributed by atoms with Gasteiger partial charge in [-0.1, -0.05) is 23.2 Å². The third-order valence-electron chi connectivity index (χ3n) is 2.21. The van der Waals surface area contributed by atoms with Gasteiger partial charge < -0.3 is 16.4 Å². The lowest BCUT2D eigenvalue weighted by molar-refractivity contribution is 0.674. The van der Waals surface area contributed by atoms with E-state index in [1.807, 2.05) is 0 Å². The normalized spacial score (nSPS) is 18.5. The van der Waals surface area contributed by atoms with Crippen LogP contribution in [0.2, 0.25) is 10.0 Å². The van der Waals surface area contributed by atoms with Gasteiger partial charge in [-0.05, 0) is 12.1 Å². The molecule has 16 heavy (non-hydrogen) atoms. The lowest BCUT2D eigenvalue weighted by atomic mass is 10.3. The molecule has 4 N–H and O–H groups in total. The largest absolute Gasteiger partial charge is 0.399 e. The van der Waals surface area contributed by atoms with Crippen LogP contribution in [0.15, 0.2) is 17.1 Å². The van der Waals surface area contributed by atoms with Crippen molar-refractivity contribution in [1.82, 2.24) is 10.6 Å². The quantitative estimate of drug-likeness (QED) is 0.674. The first-order valence-corrected chi connectivity index (χ1v) is 5.69. The van der Waals surface area contributed by atoms with Crippen molar-refractivity contribution in [3.63, 3.8) is 0 Å². The highest BCUT2D eigenvalue weighted by Crippen LogP contribution is 2.35. The van der Waals surface area contributed by atoms with Crippen molar-refractivity contribution >= 4 is 40.4 Å². The van der Waals surface area contributed by atoms with Crippen molar-refractivity contribution in [2.45, 2.75) is 0 Å². The smallest absolute Gasteiger partial charge is 0.116 e. The summed E-state index contributed by atoms with van der Waals surface area (Å²) in [7, 11) is 0. The first-order chi connectivity index (χ1) is 7.66. The fraction of sp³-hybridized carbons (Fsp3) is 0.300. The third kappa shape index (κ3) is 2.58. The Balaban J connectivity index is 2.33. The van der Waals surface area contributed by atoms with Gasteiger partial charge in [-0.2, -0.15) is 0 Å². The first kappa shape index (κ1) is 11.5. The Kier molecular flexibility index (Phi) is 3.53. The molecule has 0 aromatic heterocycles. The molecule has 86 valence electrons. The number of piperazine rings is 1. The van der Waals surface area contributed by atoms with Crippen LogP contribution in [0, 0.1) is 0 Å². The molecule has 0 unspecified atom stereocenters. The minimum Gasteiger partial charge on any atom is -0.399 e. The summed E-state index contributed by atoms with van der Waals surface area (Å²) in [6.45, 7) is 2.47. The zero-order valence-corrected chi connectivity index (χ0v) is 10.1. The molecule has 0 saturated carbocycles. The Labute approximate surface area is 104 Å². The molecule has 0 atom stereocenters. The van der Waals surface area contributed by atoms with Crippen molar-refractivity contribution in [2.24, 2.45) is 4.99 Å². The molecule has 1 aromatic carbocycles. The van der Waals surface area contributed by atoms with Crippen LogP contribution in [0.25, 0.3) is 0 Å². The van der Waals surface area contributed by atoms with Gasteiger partial charge >= 0.3 is 0 Å². The molecule has 1 aliphatic rings. The minimum absolute atomic E-state index is 0.463. The van der Waals surface area contributed by atoms with Gasteiger partial charge in [0.15, 0.2) is 0 Å². The van der Waals surface area contributed by atoms with Crippen molar-refractivity contribution in [3.05, 3.63) is 22.2 Å². The summed E-state index contributed by atoms with van der Waals surface area (Å²) >= 11 is 12.1. The molecule has 0 radical (unpaired) electrons. The number of halogens is 2. The summed E-state index contributed by atoms with van der Waals surface area (Å²) in [5.41, 5.74) is 6.71. The van der Waals surface area contributed by atoms with E-state index in [0.717, 1.165) is 18.9 Å². The Morgan fingerprint density at radius 1 is 1.19 bits per heavy atom. The molecule has 1 fully saturated rings. The van der Waals surface area contributed by atoms with Gasteiger partial charge in [0, 0.05) is 18.8 Å². The minimum atomic E-state index is 0.463. The van der Waals surface area contributed by atoms with Crippen molar-refractivity contribution in [2.75, 3.05) is 25.4 Å². The average Bonchev–Trinajstić information content (AvgIpc) is 2.25. The predicted molar refractivity (Wildman–Crippen MR) is 68.8 cm³/mol. The fourth-order valence-corrected chi connectivity index (χ4v) is 2.06. The van der Waals surface area contributed by atoms with Gasteiger partial charge in [0.1, 0.15) is 11.5 Å². The van der Waals surface area contributed by atoms with Crippen LogP contribution in [0.3, 0.4) is 0 Å². The number of hydrogen-bond acceptors (Lipinski definition) is 3. The average molecular weight is 259 g/mol. The molecule has 1 aromatic rings. The number of nitrogens with zero attached hydrogens (tertiary/aromatic N) is 1. The van der Waals surface area contributed by atoms with Gasteiger partial charge in [-0.3, -0.25) is 0 Å². The van der Waals surface area contributed by atoms with Gasteiger partial charge in [-0.15, -0.1) is 0 Å². The number of nitrogen functional groups attached to an aromatic ring is 1. The molecule has 6 heteroatoms. The molecule has 4 nitrogen and oxygen atoms in total. The number of anilines is 1. The maximum atomic E-state index is 6.03. The van der Waals surface area contributed by atoms with E-state index in [0.29, 0.717) is 28.0 Å². The van der Waals surface area contributed by atoms with Crippen LogP contribution in [-0.4, -0.2) is 25.5 Å². The molecule has 1 aliphatic heterocycles. The Hall–Kier alpha value is -0.970. The molecule has 0 amide bonds. The standard InChI is InChI=1S/C10H12Cl2N4/c11-7-3-6(13)4-8(12)10(7)16-9-5-14-1-2-15-9/h3-4,14H,1-2,5,13H2,(H,15,16). The summed E-state index contributed by atoms with van der Waals surface area (Å²) < 4.78 is 0. The molecule has 0 bridgehead atoms. The van der Waals surface area contributed by atoms with Crippen LogP contribution >= 0.6 is 23.2 Å². The van der Waals surface area contributed by atoms with E-state index in [9.17, 15) is 0 Å². The van der Waals surface area contributed by atoms with E-state index < -0.39 is 0 Å². The third-order valence-corrected chi connectivity index (χ3v) is 2.79. The topological polar surface area (TPSA) is 62.4 Å². The summed E-state index contributed by atoms with van der Waals surface area (Å²) in [5, 5.41) is 7.30. The van der Waals surface area contributed by atoms with Crippen LogP contribution < -0.4 is 16.4 Å². The zero-order chi connectivity index (χ0) is 11.5. The molecular weight excluding hydrogens is 247 g/mol. The number of nitrogens with one attached hydrogen (secondary N) is 2. The highest BCUT2D eigenvalue weighted by Gasteiger charge is 2.10.